The number of β-amino-alcohol motifs (C(OH)–C–C–N with tert-alkyl or cyclic N) is 1. The van der Waals surface area contributed by atoms with Gasteiger partial charge in [-0.15, -0.1) is 0 Å². The van der Waals surface area contributed by atoms with E-state index in [0.29, 0.717) is 25.3 Å². The lowest BCUT2D eigenvalue weighted by atomic mass is 10.1. The average molecular weight is 296 g/mol. The zero-order valence-corrected chi connectivity index (χ0v) is 12.4. The van der Waals surface area contributed by atoms with Crippen LogP contribution in [0.5, 0.6) is 5.75 Å². The number of halogens is 1. The lowest BCUT2D eigenvalue weighted by Crippen LogP contribution is -2.42. The fourth-order valence-electron chi connectivity index (χ4n) is 2.31. The lowest BCUT2D eigenvalue weighted by Gasteiger charge is -2.24. The van der Waals surface area contributed by atoms with Crippen LogP contribution in [0.2, 0.25) is 0 Å². The van der Waals surface area contributed by atoms with Crippen molar-refractivity contribution in [1.82, 2.24) is 9.80 Å². The first kappa shape index (κ1) is 15.7. The van der Waals surface area contributed by atoms with Crippen molar-refractivity contribution in [2.75, 3.05) is 40.3 Å². The Morgan fingerprint density at radius 1 is 1.43 bits per heavy atom. The van der Waals surface area contributed by atoms with E-state index in [1.165, 1.54) is 24.3 Å². The molecule has 1 aliphatic rings. The van der Waals surface area contributed by atoms with Gasteiger partial charge in [-0.05, 0) is 44.8 Å². The van der Waals surface area contributed by atoms with Crippen molar-refractivity contribution in [2.24, 2.45) is 0 Å². The Labute approximate surface area is 123 Å². The van der Waals surface area contributed by atoms with E-state index in [1.54, 1.807) is 9.80 Å². The van der Waals surface area contributed by atoms with Crippen LogP contribution in [0, 0.1) is 5.82 Å². The second kappa shape index (κ2) is 6.41. The minimum absolute atomic E-state index is 0.00212. The van der Waals surface area contributed by atoms with Gasteiger partial charge in [0.25, 0.3) is 0 Å². The van der Waals surface area contributed by atoms with Crippen molar-refractivity contribution in [3.8, 4) is 5.75 Å². The number of likely N-dealkylation sites (N-methyl/N-ethyl adjacent to an activating group) is 1. The Kier molecular flexibility index (Phi) is 4.80. The van der Waals surface area contributed by atoms with Gasteiger partial charge in [0.1, 0.15) is 23.8 Å². The maximum atomic E-state index is 12.8. The third-order valence-corrected chi connectivity index (χ3v) is 3.46. The van der Waals surface area contributed by atoms with Gasteiger partial charge in [0.15, 0.2) is 0 Å². The van der Waals surface area contributed by atoms with Crippen molar-refractivity contribution >= 4 is 5.91 Å². The summed E-state index contributed by atoms with van der Waals surface area (Å²) in [7, 11) is 3.66. The molecule has 0 bridgehead atoms. The summed E-state index contributed by atoms with van der Waals surface area (Å²) < 4.78 is 18.3. The van der Waals surface area contributed by atoms with E-state index in [2.05, 4.69) is 0 Å². The molecule has 0 radical (unpaired) electrons. The first-order valence-corrected chi connectivity index (χ1v) is 6.91. The SMILES string of the molecule is CN(C)CC(=O)N1CCC(O)(COc2ccc(F)cc2)C1. The van der Waals surface area contributed by atoms with Gasteiger partial charge in [-0.25, -0.2) is 4.39 Å². The molecule has 1 saturated heterocycles. The molecule has 1 amide bonds. The van der Waals surface area contributed by atoms with Crippen molar-refractivity contribution in [3.63, 3.8) is 0 Å². The van der Waals surface area contributed by atoms with E-state index in [9.17, 15) is 14.3 Å². The molecule has 1 N–H and O–H groups in total. The third-order valence-electron chi connectivity index (χ3n) is 3.46. The smallest absolute Gasteiger partial charge is 0.236 e. The summed E-state index contributed by atoms with van der Waals surface area (Å²) in [5, 5.41) is 10.5. The number of carbonyl (C=O) groups excluding carboxylic acids is 1. The normalized spacial score (nSPS) is 21.9. The number of carbonyl (C=O) groups is 1. The molecule has 1 aromatic rings. The van der Waals surface area contributed by atoms with Crippen LogP contribution in [0.1, 0.15) is 6.42 Å². The molecular formula is C15H21FN2O3. The van der Waals surface area contributed by atoms with Gasteiger partial charge in [-0.3, -0.25) is 4.79 Å². The van der Waals surface area contributed by atoms with Crippen molar-refractivity contribution < 1.29 is 19.0 Å². The molecule has 1 aromatic carbocycles. The van der Waals surface area contributed by atoms with Gasteiger partial charge >= 0.3 is 0 Å². The predicted octanol–water partition coefficient (Wildman–Crippen LogP) is 0.729. The summed E-state index contributed by atoms with van der Waals surface area (Å²) in [6.45, 7) is 1.20. The van der Waals surface area contributed by atoms with Crippen LogP contribution < -0.4 is 4.74 Å². The van der Waals surface area contributed by atoms with Crippen LogP contribution in [0.25, 0.3) is 0 Å². The second-order valence-electron chi connectivity index (χ2n) is 5.77. The van der Waals surface area contributed by atoms with Gasteiger partial charge in [-0.2, -0.15) is 0 Å². The first-order valence-electron chi connectivity index (χ1n) is 6.91. The highest BCUT2D eigenvalue weighted by molar-refractivity contribution is 5.78. The molecule has 5 nitrogen and oxygen atoms in total. The molecule has 21 heavy (non-hydrogen) atoms. The highest BCUT2D eigenvalue weighted by Gasteiger charge is 2.38. The molecular weight excluding hydrogens is 275 g/mol. The zero-order valence-electron chi connectivity index (χ0n) is 12.4. The maximum Gasteiger partial charge on any atom is 0.236 e. The lowest BCUT2D eigenvalue weighted by molar-refractivity contribution is -0.132. The van der Waals surface area contributed by atoms with Gasteiger partial charge in [-0.1, -0.05) is 0 Å². The molecule has 0 aliphatic carbocycles. The number of benzene rings is 1. The maximum absolute atomic E-state index is 12.8. The largest absolute Gasteiger partial charge is 0.491 e. The van der Waals surface area contributed by atoms with E-state index in [0.717, 1.165) is 0 Å². The molecule has 1 heterocycles. The number of nitrogens with zero attached hydrogens (tertiary/aromatic N) is 2. The second-order valence-corrected chi connectivity index (χ2v) is 5.77. The highest BCUT2D eigenvalue weighted by Crippen LogP contribution is 2.23. The molecule has 0 spiro atoms. The number of amides is 1. The summed E-state index contributed by atoms with van der Waals surface area (Å²) in [5.74, 6) is 0.169. The predicted molar refractivity (Wildman–Crippen MR) is 76.6 cm³/mol. The van der Waals surface area contributed by atoms with Crippen LogP contribution in [0.4, 0.5) is 4.39 Å². The van der Waals surface area contributed by atoms with E-state index < -0.39 is 5.60 Å². The Hall–Kier alpha value is -1.66. The summed E-state index contributed by atoms with van der Waals surface area (Å²) >= 11 is 0. The fraction of sp³-hybridized carbons (Fsp3) is 0.533. The Bertz CT molecular complexity index is 492. The molecule has 1 unspecified atom stereocenters. The molecule has 116 valence electrons. The molecule has 1 fully saturated rings. The molecule has 0 aromatic heterocycles. The Morgan fingerprint density at radius 2 is 2.10 bits per heavy atom. The number of ether oxygens (including phenoxy) is 1. The molecule has 1 atom stereocenters. The van der Waals surface area contributed by atoms with E-state index in [-0.39, 0.29) is 24.9 Å². The van der Waals surface area contributed by atoms with Gasteiger partial charge in [0, 0.05) is 6.54 Å². The topological polar surface area (TPSA) is 53.0 Å². The van der Waals surface area contributed by atoms with Crippen LogP contribution in [-0.4, -0.2) is 66.8 Å². The van der Waals surface area contributed by atoms with Crippen LogP contribution >= 0.6 is 0 Å². The van der Waals surface area contributed by atoms with Gasteiger partial charge in [0.2, 0.25) is 5.91 Å². The standard InChI is InChI=1S/C15H21FN2O3/c1-17(2)9-14(19)18-8-7-15(20,10-18)11-21-13-5-3-12(16)4-6-13/h3-6,20H,7-11H2,1-2H3. The van der Waals surface area contributed by atoms with E-state index >= 15 is 0 Å². The summed E-state index contributed by atoms with van der Waals surface area (Å²) in [5.41, 5.74) is -1.05. The summed E-state index contributed by atoms with van der Waals surface area (Å²) in [6.07, 6.45) is 0.480. The Morgan fingerprint density at radius 3 is 2.71 bits per heavy atom. The Balaban J connectivity index is 1.86. The molecule has 1 aliphatic heterocycles. The number of hydrogen-bond acceptors (Lipinski definition) is 4. The number of aliphatic hydroxyl groups is 1. The van der Waals surface area contributed by atoms with Crippen molar-refractivity contribution in [1.29, 1.82) is 0 Å². The first-order chi connectivity index (χ1) is 9.88. The van der Waals surface area contributed by atoms with Crippen LogP contribution in [0.3, 0.4) is 0 Å². The number of rotatable bonds is 5. The van der Waals surface area contributed by atoms with Crippen molar-refractivity contribution in [3.05, 3.63) is 30.1 Å². The third kappa shape index (κ3) is 4.41. The molecule has 2 rings (SSSR count). The summed E-state index contributed by atoms with van der Waals surface area (Å²) in [6, 6.07) is 5.65. The highest BCUT2D eigenvalue weighted by atomic mass is 19.1. The van der Waals surface area contributed by atoms with Gasteiger partial charge in [0.05, 0.1) is 13.1 Å². The summed E-state index contributed by atoms with van der Waals surface area (Å²) in [4.78, 5) is 15.4. The van der Waals surface area contributed by atoms with Crippen LogP contribution in [-0.2, 0) is 4.79 Å². The quantitative estimate of drug-likeness (QED) is 0.870. The molecule has 0 saturated carbocycles. The molecule has 6 heteroatoms. The average Bonchev–Trinajstić information content (AvgIpc) is 2.81. The number of hydrogen-bond donors (Lipinski definition) is 1. The van der Waals surface area contributed by atoms with Crippen LogP contribution in [0.15, 0.2) is 24.3 Å². The monoisotopic (exact) mass is 296 g/mol. The van der Waals surface area contributed by atoms with Gasteiger partial charge < -0.3 is 19.6 Å². The minimum Gasteiger partial charge on any atom is -0.491 e. The number of likely N-dealkylation sites (tertiary alicyclic amines) is 1. The van der Waals surface area contributed by atoms with Crippen molar-refractivity contribution in [2.45, 2.75) is 12.0 Å². The zero-order chi connectivity index (χ0) is 15.5. The van der Waals surface area contributed by atoms with E-state index in [4.69, 9.17) is 4.74 Å². The van der Waals surface area contributed by atoms with E-state index in [1.807, 2.05) is 14.1 Å². The fourth-order valence-corrected chi connectivity index (χ4v) is 2.31. The minimum atomic E-state index is -1.05.